The number of nitro groups is 1. The number of rotatable bonds is 5. The largest absolute Gasteiger partial charge is 0.324 e. The number of nitrogens with one attached hydrogen (secondary N) is 2. The van der Waals surface area contributed by atoms with Crippen molar-refractivity contribution in [3.63, 3.8) is 0 Å². The number of nitrogens with zero attached hydrogens (tertiary/aromatic N) is 1. The van der Waals surface area contributed by atoms with Crippen molar-refractivity contribution in [3.8, 4) is 0 Å². The first-order valence-corrected chi connectivity index (χ1v) is 8.79. The van der Waals surface area contributed by atoms with Crippen LogP contribution in [0.5, 0.6) is 0 Å². The van der Waals surface area contributed by atoms with Gasteiger partial charge in [0.25, 0.3) is 0 Å². The Morgan fingerprint density at radius 2 is 2.12 bits per heavy atom. The Labute approximate surface area is 146 Å². The molecule has 1 aliphatic rings. The summed E-state index contributed by atoms with van der Waals surface area (Å²) in [6.45, 7) is 4.93. The molecule has 1 aliphatic heterocycles. The molecule has 0 aliphatic carbocycles. The highest BCUT2D eigenvalue weighted by Crippen LogP contribution is 2.30. The van der Waals surface area contributed by atoms with Gasteiger partial charge in [0.1, 0.15) is 0 Å². The molecule has 136 valence electrons. The molecule has 1 saturated heterocycles. The predicted octanol–water partition coefficient (Wildman–Crippen LogP) is 2.21. The summed E-state index contributed by atoms with van der Waals surface area (Å²) in [5.74, 6) is -1.17. The molecule has 0 saturated carbocycles. The Balaban J connectivity index is 0.00000288. The SMILES string of the molecule is CC1(C)CCCNC1CNS(=O)(=O)c1cccc(F)c1[N+](=O)[O-].Cl. The number of nitro benzene ring substituents is 1. The average Bonchev–Trinajstić information content (AvgIpc) is 2.45. The number of halogens is 2. The minimum atomic E-state index is -4.18. The number of benzene rings is 1. The summed E-state index contributed by atoms with van der Waals surface area (Å²) >= 11 is 0. The zero-order valence-electron chi connectivity index (χ0n) is 13.4. The molecule has 1 fully saturated rings. The maximum Gasteiger partial charge on any atom is 0.324 e. The molecule has 0 radical (unpaired) electrons. The maximum atomic E-state index is 13.6. The molecular formula is C14H21ClFN3O4S. The highest BCUT2D eigenvalue weighted by atomic mass is 35.5. The Morgan fingerprint density at radius 3 is 2.71 bits per heavy atom. The van der Waals surface area contributed by atoms with Crippen LogP contribution in [-0.2, 0) is 10.0 Å². The third kappa shape index (κ3) is 4.41. The van der Waals surface area contributed by atoms with E-state index in [2.05, 4.69) is 10.0 Å². The molecule has 7 nitrogen and oxygen atoms in total. The van der Waals surface area contributed by atoms with E-state index < -0.39 is 31.3 Å². The smallest absolute Gasteiger partial charge is 0.312 e. The fraction of sp³-hybridized carbons (Fsp3) is 0.571. The lowest BCUT2D eigenvalue weighted by molar-refractivity contribution is -0.390. The monoisotopic (exact) mass is 381 g/mol. The minimum Gasteiger partial charge on any atom is -0.312 e. The summed E-state index contributed by atoms with van der Waals surface area (Å²) in [6.07, 6.45) is 1.96. The molecule has 10 heteroatoms. The second kappa shape index (κ2) is 7.73. The van der Waals surface area contributed by atoms with E-state index in [0.717, 1.165) is 37.6 Å². The molecule has 0 bridgehead atoms. The molecule has 1 atom stereocenters. The van der Waals surface area contributed by atoms with Crippen LogP contribution >= 0.6 is 12.4 Å². The highest BCUT2D eigenvalue weighted by molar-refractivity contribution is 7.89. The molecule has 24 heavy (non-hydrogen) atoms. The molecular weight excluding hydrogens is 361 g/mol. The van der Waals surface area contributed by atoms with Gasteiger partial charge in [0.2, 0.25) is 15.8 Å². The van der Waals surface area contributed by atoms with Crippen molar-refractivity contribution >= 4 is 28.1 Å². The Bertz CT molecular complexity index is 712. The third-order valence-electron chi connectivity index (χ3n) is 4.23. The van der Waals surface area contributed by atoms with E-state index in [1.165, 1.54) is 0 Å². The summed E-state index contributed by atoms with van der Waals surface area (Å²) < 4.78 is 40.7. The zero-order chi connectivity index (χ0) is 17.3. The summed E-state index contributed by atoms with van der Waals surface area (Å²) in [4.78, 5) is 9.28. The average molecular weight is 382 g/mol. The lowest BCUT2D eigenvalue weighted by Gasteiger charge is -2.39. The third-order valence-corrected chi connectivity index (χ3v) is 5.69. The van der Waals surface area contributed by atoms with Gasteiger partial charge in [0.15, 0.2) is 4.90 Å². The van der Waals surface area contributed by atoms with Crippen LogP contribution in [0, 0.1) is 21.3 Å². The molecule has 2 rings (SSSR count). The Hall–Kier alpha value is -1.29. The Kier molecular flexibility index (Phi) is 6.68. The van der Waals surface area contributed by atoms with Gasteiger partial charge in [-0.05, 0) is 36.9 Å². The van der Waals surface area contributed by atoms with Gasteiger partial charge < -0.3 is 5.32 Å². The predicted molar refractivity (Wildman–Crippen MR) is 90.3 cm³/mol. The van der Waals surface area contributed by atoms with Gasteiger partial charge in [0, 0.05) is 12.6 Å². The van der Waals surface area contributed by atoms with Gasteiger partial charge in [-0.15, -0.1) is 12.4 Å². The fourth-order valence-electron chi connectivity index (χ4n) is 2.78. The highest BCUT2D eigenvalue weighted by Gasteiger charge is 2.34. The van der Waals surface area contributed by atoms with Crippen molar-refractivity contribution in [1.29, 1.82) is 0 Å². The lowest BCUT2D eigenvalue weighted by atomic mass is 9.78. The molecule has 1 aromatic rings. The van der Waals surface area contributed by atoms with Crippen LogP contribution in [0.2, 0.25) is 0 Å². The minimum absolute atomic E-state index is 0. The quantitative estimate of drug-likeness (QED) is 0.601. The fourth-order valence-corrected chi connectivity index (χ4v) is 4.01. The normalized spacial score (nSPS) is 20.2. The first-order chi connectivity index (χ1) is 10.6. The summed E-state index contributed by atoms with van der Waals surface area (Å²) in [5, 5.41) is 14.2. The molecule has 0 aromatic heterocycles. The maximum absolute atomic E-state index is 13.6. The van der Waals surface area contributed by atoms with Crippen molar-refractivity contribution in [3.05, 3.63) is 34.1 Å². The van der Waals surface area contributed by atoms with E-state index >= 15 is 0 Å². The van der Waals surface area contributed by atoms with Crippen LogP contribution in [0.3, 0.4) is 0 Å². The van der Waals surface area contributed by atoms with Crippen LogP contribution in [0.4, 0.5) is 10.1 Å². The summed E-state index contributed by atoms with van der Waals surface area (Å²) in [7, 11) is -4.18. The lowest BCUT2D eigenvalue weighted by Crippen LogP contribution is -2.52. The molecule has 0 spiro atoms. The van der Waals surface area contributed by atoms with Gasteiger partial charge in [-0.3, -0.25) is 10.1 Å². The van der Waals surface area contributed by atoms with E-state index in [9.17, 15) is 22.9 Å². The first-order valence-electron chi connectivity index (χ1n) is 7.31. The number of hydrogen-bond acceptors (Lipinski definition) is 5. The standard InChI is InChI=1S/C14H20FN3O4S.ClH/c1-14(2)7-4-8-16-12(14)9-17-23(21,22)11-6-3-5-10(15)13(11)18(19)20;/h3,5-6,12,16-17H,4,7-9H2,1-2H3;1H. The number of piperidine rings is 1. The van der Waals surface area contributed by atoms with Crippen LogP contribution in [-0.4, -0.2) is 32.5 Å². The van der Waals surface area contributed by atoms with Crippen molar-refractivity contribution in [2.45, 2.75) is 37.6 Å². The van der Waals surface area contributed by atoms with E-state index in [-0.39, 0.29) is 30.4 Å². The van der Waals surface area contributed by atoms with Crippen molar-refractivity contribution < 1.29 is 17.7 Å². The molecule has 1 heterocycles. The second-order valence-corrected chi connectivity index (χ2v) is 8.03. The van der Waals surface area contributed by atoms with Crippen molar-refractivity contribution in [2.24, 2.45) is 5.41 Å². The number of hydrogen-bond donors (Lipinski definition) is 2. The van der Waals surface area contributed by atoms with E-state index in [1.807, 2.05) is 13.8 Å². The van der Waals surface area contributed by atoms with Crippen molar-refractivity contribution in [1.82, 2.24) is 10.0 Å². The summed E-state index contributed by atoms with van der Waals surface area (Å²) in [5.41, 5.74) is -1.13. The van der Waals surface area contributed by atoms with Gasteiger partial charge in [0.05, 0.1) is 4.92 Å². The summed E-state index contributed by atoms with van der Waals surface area (Å²) in [6, 6.07) is 2.93. The Morgan fingerprint density at radius 1 is 1.46 bits per heavy atom. The van der Waals surface area contributed by atoms with E-state index in [0.29, 0.717) is 0 Å². The van der Waals surface area contributed by atoms with Crippen molar-refractivity contribution in [2.75, 3.05) is 13.1 Å². The second-order valence-electron chi connectivity index (χ2n) is 6.29. The van der Waals surface area contributed by atoms with Crippen LogP contribution in [0.1, 0.15) is 26.7 Å². The topological polar surface area (TPSA) is 101 Å². The van der Waals surface area contributed by atoms with E-state index in [1.54, 1.807) is 0 Å². The van der Waals surface area contributed by atoms with E-state index in [4.69, 9.17) is 0 Å². The zero-order valence-corrected chi connectivity index (χ0v) is 15.0. The molecule has 0 amide bonds. The number of para-hydroxylation sites is 1. The number of sulfonamides is 1. The van der Waals surface area contributed by atoms with Crippen LogP contribution in [0.25, 0.3) is 0 Å². The van der Waals surface area contributed by atoms with Crippen LogP contribution in [0.15, 0.2) is 23.1 Å². The van der Waals surface area contributed by atoms with Crippen LogP contribution < -0.4 is 10.0 Å². The first kappa shape index (κ1) is 20.8. The molecule has 2 N–H and O–H groups in total. The van der Waals surface area contributed by atoms with Gasteiger partial charge in [-0.1, -0.05) is 19.9 Å². The van der Waals surface area contributed by atoms with Gasteiger partial charge in [-0.2, -0.15) is 4.39 Å². The van der Waals surface area contributed by atoms with Gasteiger partial charge in [-0.25, -0.2) is 13.1 Å². The van der Waals surface area contributed by atoms with Gasteiger partial charge >= 0.3 is 5.69 Å². The molecule has 1 aromatic carbocycles. The molecule has 1 unspecified atom stereocenters.